The summed E-state index contributed by atoms with van der Waals surface area (Å²) < 4.78 is 4.79. The first kappa shape index (κ1) is 9.58. The number of esters is 1. The fourth-order valence-corrected chi connectivity index (χ4v) is 0.991. The molecule has 1 heterocycles. The van der Waals surface area contributed by atoms with Gasteiger partial charge in [-0.05, 0) is 19.1 Å². The zero-order valence-electron chi connectivity index (χ0n) is 7.86. The lowest BCUT2D eigenvalue weighted by Crippen LogP contribution is -2.13. The first-order valence-corrected chi connectivity index (χ1v) is 4.20. The molecule has 70 valence electrons. The molecule has 0 unspecified atom stereocenters. The normalized spacial score (nSPS) is 18.0. The summed E-state index contributed by atoms with van der Waals surface area (Å²) in [4.78, 5) is 12.9. The molecule has 0 fully saturated rings. The number of ether oxygens (including phenoxy) is 1. The number of carbonyl (C=O) groups excluding carboxylic acids is 1. The largest absolute Gasteiger partial charge is 0.463 e. The molecular weight excluding hydrogens is 166 g/mol. The van der Waals surface area contributed by atoms with E-state index in [0.29, 0.717) is 6.61 Å². The molecule has 1 rings (SSSR count). The molecule has 3 heteroatoms. The van der Waals surface area contributed by atoms with Crippen LogP contribution < -0.4 is 0 Å². The Balaban J connectivity index is 2.65. The number of hydrogen-bond donors (Lipinski definition) is 0. The van der Waals surface area contributed by atoms with Crippen LogP contribution in [0.5, 0.6) is 0 Å². The van der Waals surface area contributed by atoms with Gasteiger partial charge in [-0.1, -0.05) is 6.08 Å². The zero-order valence-corrected chi connectivity index (χ0v) is 7.86. The molecule has 0 aromatic rings. The second kappa shape index (κ2) is 4.50. The highest BCUT2D eigenvalue weighted by Crippen LogP contribution is 2.09. The lowest BCUT2D eigenvalue weighted by Gasteiger charge is -2.17. The first-order chi connectivity index (χ1) is 6.24. The maximum atomic E-state index is 11.1. The van der Waals surface area contributed by atoms with Crippen LogP contribution in [0.3, 0.4) is 0 Å². The highest BCUT2D eigenvalue weighted by molar-refractivity contribution is 5.83. The Kier molecular flexibility index (Phi) is 3.31. The fraction of sp³-hybridized carbons (Fsp3) is 0.300. The standard InChI is InChI=1S/C10H13NO2/c1-3-13-10(12)8-9-6-4-5-7-11(9)2/h4-8H,3H2,1-2H3. The van der Waals surface area contributed by atoms with Gasteiger partial charge in [0.05, 0.1) is 6.61 Å². The van der Waals surface area contributed by atoms with Crippen molar-refractivity contribution in [3.8, 4) is 0 Å². The molecule has 3 nitrogen and oxygen atoms in total. The Morgan fingerprint density at radius 3 is 3.00 bits per heavy atom. The number of likely N-dealkylation sites (N-methyl/N-ethyl adjacent to an activating group) is 1. The van der Waals surface area contributed by atoms with Gasteiger partial charge in [-0.25, -0.2) is 4.79 Å². The van der Waals surface area contributed by atoms with Crippen molar-refractivity contribution >= 4 is 5.97 Å². The summed E-state index contributed by atoms with van der Waals surface area (Å²) in [6, 6.07) is 0. The summed E-state index contributed by atoms with van der Waals surface area (Å²) in [5.41, 5.74) is 0.834. The van der Waals surface area contributed by atoms with Crippen LogP contribution >= 0.6 is 0 Å². The smallest absolute Gasteiger partial charge is 0.332 e. The quantitative estimate of drug-likeness (QED) is 0.474. The van der Waals surface area contributed by atoms with Crippen molar-refractivity contribution in [1.29, 1.82) is 0 Å². The molecule has 1 aliphatic rings. The minimum absolute atomic E-state index is 0.302. The van der Waals surface area contributed by atoms with Crippen LogP contribution in [0.25, 0.3) is 0 Å². The van der Waals surface area contributed by atoms with Crippen molar-refractivity contribution in [2.75, 3.05) is 13.7 Å². The van der Waals surface area contributed by atoms with E-state index < -0.39 is 0 Å². The van der Waals surface area contributed by atoms with Gasteiger partial charge in [0, 0.05) is 25.0 Å². The summed E-state index contributed by atoms with van der Waals surface area (Å²) in [6.45, 7) is 2.20. The van der Waals surface area contributed by atoms with Gasteiger partial charge in [0.15, 0.2) is 0 Å². The van der Waals surface area contributed by atoms with Crippen molar-refractivity contribution in [1.82, 2.24) is 4.90 Å². The third kappa shape index (κ3) is 2.78. The van der Waals surface area contributed by atoms with Crippen LogP contribution in [0.2, 0.25) is 0 Å². The van der Waals surface area contributed by atoms with E-state index in [2.05, 4.69) is 0 Å². The van der Waals surface area contributed by atoms with Gasteiger partial charge in [-0.3, -0.25) is 0 Å². The van der Waals surface area contributed by atoms with Gasteiger partial charge in [0.25, 0.3) is 0 Å². The average Bonchev–Trinajstić information content (AvgIpc) is 2.09. The summed E-state index contributed by atoms with van der Waals surface area (Å²) in [6.07, 6.45) is 9.00. The summed E-state index contributed by atoms with van der Waals surface area (Å²) >= 11 is 0. The number of nitrogens with zero attached hydrogens (tertiary/aromatic N) is 1. The summed E-state index contributed by atoms with van der Waals surface area (Å²) in [5, 5.41) is 0. The van der Waals surface area contributed by atoms with Gasteiger partial charge in [-0.2, -0.15) is 0 Å². The Hall–Kier alpha value is -1.51. The topological polar surface area (TPSA) is 29.5 Å². The first-order valence-electron chi connectivity index (χ1n) is 4.20. The number of hydrogen-bond acceptors (Lipinski definition) is 3. The number of allylic oxidation sites excluding steroid dienone is 3. The van der Waals surface area contributed by atoms with Gasteiger partial charge in [0.2, 0.25) is 0 Å². The lowest BCUT2D eigenvalue weighted by molar-refractivity contribution is -0.137. The lowest BCUT2D eigenvalue weighted by atomic mass is 10.2. The third-order valence-corrected chi connectivity index (χ3v) is 1.65. The van der Waals surface area contributed by atoms with Crippen LogP contribution in [0.15, 0.2) is 36.2 Å². The molecule has 0 aromatic carbocycles. The molecule has 0 amide bonds. The Bertz CT molecular complexity index is 277. The number of rotatable bonds is 2. The highest BCUT2D eigenvalue weighted by Gasteiger charge is 2.04. The monoisotopic (exact) mass is 179 g/mol. The molecule has 1 aliphatic heterocycles. The summed E-state index contributed by atoms with van der Waals surface area (Å²) in [5.74, 6) is -0.302. The van der Waals surface area contributed by atoms with E-state index in [9.17, 15) is 4.79 Å². The Morgan fingerprint density at radius 2 is 2.38 bits per heavy atom. The molecule has 0 saturated heterocycles. The van der Waals surface area contributed by atoms with Crippen LogP contribution in [0.1, 0.15) is 6.92 Å². The van der Waals surface area contributed by atoms with Crippen LogP contribution in [-0.4, -0.2) is 24.5 Å². The maximum Gasteiger partial charge on any atom is 0.332 e. The third-order valence-electron chi connectivity index (χ3n) is 1.65. The predicted molar refractivity (Wildman–Crippen MR) is 50.8 cm³/mol. The van der Waals surface area contributed by atoms with Gasteiger partial charge >= 0.3 is 5.97 Å². The average molecular weight is 179 g/mol. The zero-order chi connectivity index (χ0) is 9.68. The van der Waals surface area contributed by atoms with Crippen molar-refractivity contribution in [2.45, 2.75) is 6.92 Å². The minimum atomic E-state index is -0.302. The van der Waals surface area contributed by atoms with E-state index in [0.717, 1.165) is 5.70 Å². The van der Waals surface area contributed by atoms with E-state index in [1.807, 2.05) is 36.4 Å². The van der Waals surface area contributed by atoms with Crippen molar-refractivity contribution in [3.63, 3.8) is 0 Å². The van der Waals surface area contributed by atoms with Gasteiger partial charge < -0.3 is 9.64 Å². The summed E-state index contributed by atoms with van der Waals surface area (Å²) in [7, 11) is 1.88. The minimum Gasteiger partial charge on any atom is -0.463 e. The molecule has 0 aliphatic carbocycles. The molecule has 0 bridgehead atoms. The van der Waals surface area contributed by atoms with Gasteiger partial charge in [-0.15, -0.1) is 0 Å². The van der Waals surface area contributed by atoms with Crippen molar-refractivity contribution in [3.05, 3.63) is 36.2 Å². The van der Waals surface area contributed by atoms with E-state index in [1.54, 1.807) is 6.92 Å². The van der Waals surface area contributed by atoms with E-state index in [1.165, 1.54) is 6.08 Å². The van der Waals surface area contributed by atoms with E-state index in [-0.39, 0.29) is 5.97 Å². The second-order valence-corrected chi connectivity index (χ2v) is 2.63. The van der Waals surface area contributed by atoms with Crippen molar-refractivity contribution in [2.24, 2.45) is 0 Å². The molecule has 13 heavy (non-hydrogen) atoms. The van der Waals surface area contributed by atoms with Gasteiger partial charge in [0.1, 0.15) is 0 Å². The maximum absolute atomic E-state index is 11.1. The molecule has 0 saturated carbocycles. The molecule has 0 spiro atoms. The van der Waals surface area contributed by atoms with Crippen LogP contribution in [0.4, 0.5) is 0 Å². The molecule has 0 N–H and O–H groups in total. The molecule has 0 atom stereocenters. The van der Waals surface area contributed by atoms with Crippen LogP contribution in [-0.2, 0) is 9.53 Å². The second-order valence-electron chi connectivity index (χ2n) is 2.63. The number of carbonyl (C=O) groups is 1. The predicted octanol–water partition coefficient (Wildman–Crippen LogP) is 1.45. The fourth-order valence-electron chi connectivity index (χ4n) is 0.991. The van der Waals surface area contributed by atoms with E-state index >= 15 is 0 Å². The SMILES string of the molecule is CCOC(=O)C=C1C=CC=CN1C. The Morgan fingerprint density at radius 1 is 1.62 bits per heavy atom. The molecular formula is C10H13NO2. The van der Waals surface area contributed by atoms with Crippen LogP contribution in [0, 0.1) is 0 Å². The highest BCUT2D eigenvalue weighted by atomic mass is 16.5. The van der Waals surface area contributed by atoms with E-state index in [4.69, 9.17) is 4.74 Å². The molecule has 0 radical (unpaired) electrons. The Labute approximate surface area is 78.0 Å². The molecule has 0 aromatic heterocycles. The van der Waals surface area contributed by atoms with Crippen molar-refractivity contribution < 1.29 is 9.53 Å².